The van der Waals surface area contributed by atoms with E-state index in [0.717, 1.165) is 23.4 Å². The first kappa shape index (κ1) is 14.1. The largest absolute Gasteiger partial charge is 0.497 e. The first-order valence-corrected chi connectivity index (χ1v) is 6.54. The summed E-state index contributed by atoms with van der Waals surface area (Å²) >= 11 is 0. The maximum Gasteiger partial charge on any atom is 0.220 e. The second-order valence-corrected chi connectivity index (χ2v) is 4.43. The first-order valence-electron chi connectivity index (χ1n) is 6.54. The topological polar surface area (TPSA) is 64.4 Å². The van der Waals surface area contributed by atoms with Crippen molar-refractivity contribution >= 4 is 5.91 Å². The van der Waals surface area contributed by atoms with E-state index in [2.05, 4.69) is 10.3 Å². The molecule has 0 aliphatic rings. The average Bonchev–Trinajstić information content (AvgIpc) is 2.99. The van der Waals surface area contributed by atoms with Gasteiger partial charge in [0, 0.05) is 19.4 Å². The van der Waals surface area contributed by atoms with Crippen LogP contribution in [0.5, 0.6) is 5.75 Å². The second kappa shape index (κ2) is 7.33. The number of oxazole rings is 1. The molecular weight excluding hydrogens is 256 g/mol. The van der Waals surface area contributed by atoms with Crippen LogP contribution in [0.3, 0.4) is 0 Å². The van der Waals surface area contributed by atoms with E-state index in [1.807, 2.05) is 24.3 Å². The van der Waals surface area contributed by atoms with Gasteiger partial charge in [0.05, 0.1) is 12.8 Å². The van der Waals surface area contributed by atoms with E-state index in [9.17, 15) is 4.79 Å². The molecule has 0 atom stereocenters. The zero-order valence-corrected chi connectivity index (χ0v) is 11.5. The molecule has 1 aromatic carbocycles. The predicted molar refractivity (Wildman–Crippen MR) is 74.5 cm³/mol. The quantitative estimate of drug-likeness (QED) is 0.838. The van der Waals surface area contributed by atoms with E-state index < -0.39 is 0 Å². The van der Waals surface area contributed by atoms with Crippen molar-refractivity contribution in [1.82, 2.24) is 10.3 Å². The number of benzene rings is 1. The maximum absolute atomic E-state index is 11.7. The van der Waals surface area contributed by atoms with Crippen molar-refractivity contribution in [2.24, 2.45) is 0 Å². The van der Waals surface area contributed by atoms with E-state index in [-0.39, 0.29) is 5.91 Å². The van der Waals surface area contributed by atoms with Gasteiger partial charge in [-0.25, -0.2) is 4.98 Å². The monoisotopic (exact) mass is 274 g/mol. The Morgan fingerprint density at radius 3 is 2.75 bits per heavy atom. The van der Waals surface area contributed by atoms with Crippen LogP contribution in [0.25, 0.3) is 0 Å². The molecule has 0 fully saturated rings. The van der Waals surface area contributed by atoms with E-state index in [1.165, 1.54) is 6.39 Å². The molecule has 0 saturated heterocycles. The highest BCUT2D eigenvalue weighted by molar-refractivity contribution is 5.76. The predicted octanol–water partition coefficient (Wildman–Crippen LogP) is 1.97. The minimum absolute atomic E-state index is 0.0457. The van der Waals surface area contributed by atoms with Gasteiger partial charge < -0.3 is 14.5 Å². The van der Waals surface area contributed by atoms with Gasteiger partial charge in [-0.3, -0.25) is 4.79 Å². The Morgan fingerprint density at radius 2 is 2.10 bits per heavy atom. The minimum atomic E-state index is 0.0457. The van der Waals surface area contributed by atoms with Gasteiger partial charge in [-0.1, -0.05) is 12.1 Å². The molecule has 5 heteroatoms. The third-order valence-electron chi connectivity index (χ3n) is 2.99. The number of hydrogen-bond acceptors (Lipinski definition) is 4. The Kier molecular flexibility index (Phi) is 5.17. The molecule has 0 aliphatic heterocycles. The molecule has 2 rings (SSSR count). The van der Waals surface area contributed by atoms with E-state index in [1.54, 1.807) is 13.4 Å². The Bertz CT molecular complexity index is 521. The number of nitrogens with one attached hydrogen (secondary N) is 1. The summed E-state index contributed by atoms with van der Waals surface area (Å²) < 4.78 is 9.95. The molecular formula is C15H18N2O3. The number of amides is 1. The van der Waals surface area contributed by atoms with E-state index >= 15 is 0 Å². The molecule has 0 bridgehead atoms. The number of aromatic nitrogens is 1. The highest BCUT2D eigenvalue weighted by Crippen LogP contribution is 2.12. The van der Waals surface area contributed by atoms with E-state index in [4.69, 9.17) is 9.15 Å². The third kappa shape index (κ3) is 4.42. The standard InChI is InChI=1S/C15H18N2O3/c1-19-14-5-2-12(3-6-14)4-7-15(18)16-9-8-13-10-20-11-17-13/h2-3,5-6,10-11H,4,7-9H2,1H3,(H,16,18). The van der Waals surface area contributed by atoms with Crippen molar-refractivity contribution in [3.63, 3.8) is 0 Å². The third-order valence-corrected chi connectivity index (χ3v) is 2.99. The second-order valence-electron chi connectivity index (χ2n) is 4.43. The lowest BCUT2D eigenvalue weighted by Gasteiger charge is -2.05. The SMILES string of the molecule is COc1ccc(CCC(=O)NCCc2cocn2)cc1. The van der Waals surface area contributed by atoms with Gasteiger partial charge in [0.15, 0.2) is 6.39 Å². The van der Waals surface area contributed by atoms with Crippen molar-refractivity contribution in [3.05, 3.63) is 48.2 Å². The van der Waals surface area contributed by atoms with Crippen LogP contribution in [0.1, 0.15) is 17.7 Å². The highest BCUT2D eigenvalue weighted by Gasteiger charge is 2.03. The number of aryl methyl sites for hydroxylation is 1. The van der Waals surface area contributed by atoms with Crippen LogP contribution in [-0.2, 0) is 17.6 Å². The van der Waals surface area contributed by atoms with Crippen molar-refractivity contribution in [1.29, 1.82) is 0 Å². The summed E-state index contributed by atoms with van der Waals surface area (Å²) in [6.45, 7) is 0.577. The summed E-state index contributed by atoms with van der Waals surface area (Å²) in [7, 11) is 1.64. The molecule has 1 heterocycles. The molecule has 0 spiro atoms. The van der Waals surface area contributed by atoms with Gasteiger partial charge in [0.2, 0.25) is 5.91 Å². The van der Waals surface area contributed by atoms with Gasteiger partial charge >= 0.3 is 0 Å². The lowest BCUT2D eigenvalue weighted by molar-refractivity contribution is -0.121. The molecule has 0 saturated carbocycles. The molecule has 5 nitrogen and oxygen atoms in total. The first-order chi connectivity index (χ1) is 9.78. The van der Waals surface area contributed by atoms with Crippen molar-refractivity contribution < 1.29 is 13.9 Å². The Labute approximate surface area is 118 Å². The zero-order chi connectivity index (χ0) is 14.2. The summed E-state index contributed by atoms with van der Waals surface area (Å²) in [5, 5.41) is 2.87. The molecule has 0 aliphatic carbocycles. The number of ether oxygens (including phenoxy) is 1. The number of nitrogens with zero attached hydrogens (tertiary/aromatic N) is 1. The van der Waals surface area contributed by atoms with Crippen LogP contribution >= 0.6 is 0 Å². The molecule has 106 valence electrons. The fraction of sp³-hybridized carbons (Fsp3) is 0.333. The van der Waals surface area contributed by atoms with E-state index in [0.29, 0.717) is 19.4 Å². The highest BCUT2D eigenvalue weighted by atomic mass is 16.5. The van der Waals surface area contributed by atoms with Gasteiger partial charge in [-0.2, -0.15) is 0 Å². The normalized spacial score (nSPS) is 10.2. The van der Waals surface area contributed by atoms with Crippen LogP contribution in [0.15, 0.2) is 41.3 Å². The van der Waals surface area contributed by atoms with Gasteiger partial charge in [-0.15, -0.1) is 0 Å². The fourth-order valence-electron chi connectivity index (χ4n) is 1.83. The lowest BCUT2D eigenvalue weighted by Crippen LogP contribution is -2.25. The lowest BCUT2D eigenvalue weighted by atomic mass is 10.1. The summed E-state index contributed by atoms with van der Waals surface area (Å²) in [6, 6.07) is 7.75. The van der Waals surface area contributed by atoms with Crippen LogP contribution in [0.4, 0.5) is 0 Å². The average molecular weight is 274 g/mol. The molecule has 1 amide bonds. The summed E-state index contributed by atoms with van der Waals surface area (Å²) in [4.78, 5) is 15.7. The Hall–Kier alpha value is -2.30. The molecule has 20 heavy (non-hydrogen) atoms. The number of rotatable bonds is 7. The number of methoxy groups -OCH3 is 1. The van der Waals surface area contributed by atoms with Crippen molar-refractivity contribution in [3.8, 4) is 5.75 Å². The number of carbonyl (C=O) groups excluding carboxylic acids is 1. The summed E-state index contributed by atoms with van der Waals surface area (Å²) in [5.41, 5.74) is 1.97. The van der Waals surface area contributed by atoms with Gasteiger partial charge in [0.25, 0.3) is 0 Å². The summed E-state index contributed by atoms with van der Waals surface area (Å²) in [6.07, 6.45) is 4.86. The summed E-state index contributed by atoms with van der Waals surface area (Å²) in [5.74, 6) is 0.870. The van der Waals surface area contributed by atoms with Crippen LogP contribution in [0, 0.1) is 0 Å². The Balaban J connectivity index is 1.66. The molecule has 0 unspecified atom stereocenters. The van der Waals surface area contributed by atoms with Gasteiger partial charge in [0.1, 0.15) is 12.0 Å². The smallest absolute Gasteiger partial charge is 0.220 e. The van der Waals surface area contributed by atoms with Crippen molar-refractivity contribution in [2.75, 3.05) is 13.7 Å². The van der Waals surface area contributed by atoms with Crippen LogP contribution in [-0.4, -0.2) is 24.5 Å². The minimum Gasteiger partial charge on any atom is -0.497 e. The zero-order valence-electron chi connectivity index (χ0n) is 11.5. The number of carbonyl (C=O) groups is 1. The van der Waals surface area contributed by atoms with Gasteiger partial charge in [-0.05, 0) is 24.1 Å². The fourth-order valence-corrected chi connectivity index (χ4v) is 1.83. The molecule has 1 aromatic heterocycles. The maximum atomic E-state index is 11.7. The molecule has 2 aromatic rings. The molecule has 0 radical (unpaired) electrons. The van der Waals surface area contributed by atoms with Crippen LogP contribution in [0.2, 0.25) is 0 Å². The Morgan fingerprint density at radius 1 is 1.30 bits per heavy atom. The van der Waals surface area contributed by atoms with Crippen molar-refractivity contribution in [2.45, 2.75) is 19.3 Å². The molecule has 1 N–H and O–H groups in total. The van der Waals surface area contributed by atoms with Crippen LogP contribution < -0.4 is 10.1 Å². The number of hydrogen-bond donors (Lipinski definition) is 1.